The van der Waals surface area contributed by atoms with Gasteiger partial charge in [0, 0.05) is 33.8 Å². The van der Waals surface area contributed by atoms with Crippen LogP contribution in [0.25, 0.3) is 0 Å². The third kappa shape index (κ3) is 4.40. The average Bonchev–Trinajstić information content (AvgIpc) is 3.09. The summed E-state index contributed by atoms with van der Waals surface area (Å²) in [4.78, 5) is 17.4. The maximum absolute atomic E-state index is 13.0. The van der Waals surface area contributed by atoms with Gasteiger partial charge in [-0.2, -0.15) is 0 Å². The van der Waals surface area contributed by atoms with E-state index in [0.29, 0.717) is 5.92 Å². The van der Waals surface area contributed by atoms with Crippen LogP contribution in [-0.4, -0.2) is 68.2 Å². The molecule has 1 aromatic rings. The number of hydrogen-bond donors (Lipinski definition) is 1. The maximum Gasteiger partial charge on any atom is 0.254 e. The molecule has 138 valence electrons. The predicted molar refractivity (Wildman–Crippen MR) is 99.3 cm³/mol. The van der Waals surface area contributed by atoms with Gasteiger partial charge in [0.1, 0.15) is 5.60 Å². The van der Waals surface area contributed by atoms with Crippen LogP contribution < -0.4 is 5.32 Å². The van der Waals surface area contributed by atoms with Gasteiger partial charge in [-0.3, -0.25) is 9.69 Å². The molecule has 1 unspecified atom stereocenters. The second-order valence-electron chi connectivity index (χ2n) is 7.51. The van der Waals surface area contributed by atoms with Gasteiger partial charge in [0.2, 0.25) is 0 Å². The van der Waals surface area contributed by atoms with Crippen LogP contribution in [0.3, 0.4) is 0 Å². The van der Waals surface area contributed by atoms with Crippen molar-refractivity contribution in [2.45, 2.75) is 31.4 Å². The van der Waals surface area contributed by atoms with Crippen LogP contribution in [0.15, 0.2) is 30.3 Å². The van der Waals surface area contributed by atoms with Crippen LogP contribution in [0.5, 0.6) is 0 Å². The highest BCUT2D eigenvalue weighted by molar-refractivity contribution is 5.85. The summed E-state index contributed by atoms with van der Waals surface area (Å²) < 4.78 is 5.68. The Bertz CT molecular complexity index is 557. The Labute approximate surface area is 151 Å². The van der Waals surface area contributed by atoms with Crippen molar-refractivity contribution in [2.24, 2.45) is 5.92 Å². The number of likely N-dealkylation sites (tertiary alicyclic amines) is 1. The Kier molecular flexibility index (Phi) is 6.10. The van der Waals surface area contributed by atoms with Gasteiger partial charge in [-0.1, -0.05) is 30.3 Å². The lowest BCUT2D eigenvalue weighted by Crippen LogP contribution is -2.55. The van der Waals surface area contributed by atoms with E-state index in [-0.39, 0.29) is 5.91 Å². The first-order chi connectivity index (χ1) is 12.1. The van der Waals surface area contributed by atoms with E-state index in [1.807, 2.05) is 11.9 Å². The minimum atomic E-state index is -0.623. The summed E-state index contributed by atoms with van der Waals surface area (Å²) in [6.45, 7) is 5.70. The van der Waals surface area contributed by atoms with Gasteiger partial charge in [-0.15, -0.1) is 0 Å². The molecule has 2 heterocycles. The summed E-state index contributed by atoms with van der Waals surface area (Å²) in [5, 5.41) is 3.31. The Morgan fingerprint density at radius 2 is 2.04 bits per heavy atom. The van der Waals surface area contributed by atoms with Crippen molar-refractivity contribution in [3.05, 3.63) is 35.9 Å². The molecule has 2 aliphatic heterocycles. The SMILES string of the molecule is COC1(C(=O)N(C)CC2CCN(Cc3ccccc3)C2)CCNCC1. The van der Waals surface area contributed by atoms with Crippen LogP contribution in [0.2, 0.25) is 0 Å². The summed E-state index contributed by atoms with van der Waals surface area (Å²) in [6, 6.07) is 10.6. The van der Waals surface area contributed by atoms with E-state index in [0.717, 1.165) is 58.5 Å². The van der Waals surface area contributed by atoms with Crippen molar-refractivity contribution in [3.8, 4) is 0 Å². The van der Waals surface area contributed by atoms with Gasteiger partial charge in [0.15, 0.2) is 0 Å². The quantitative estimate of drug-likeness (QED) is 0.853. The van der Waals surface area contributed by atoms with Crippen molar-refractivity contribution in [1.82, 2.24) is 15.1 Å². The van der Waals surface area contributed by atoms with Crippen LogP contribution in [-0.2, 0) is 16.1 Å². The third-order valence-electron chi connectivity index (χ3n) is 5.69. The van der Waals surface area contributed by atoms with Gasteiger partial charge >= 0.3 is 0 Å². The number of carbonyl (C=O) groups is 1. The molecule has 5 nitrogen and oxygen atoms in total. The monoisotopic (exact) mass is 345 g/mol. The van der Waals surface area contributed by atoms with Crippen molar-refractivity contribution in [3.63, 3.8) is 0 Å². The normalized spacial score (nSPS) is 23.5. The number of rotatable bonds is 6. The highest BCUT2D eigenvalue weighted by Crippen LogP contribution is 2.26. The topological polar surface area (TPSA) is 44.8 Å². The lowest BCUT2D eigenvalue weighted by atomic mass is 9.90. The zero-order valence-electron chi connectivity index (χ0n) is 15.5. The fourth-order valence-corrected chi connectivity index (χ4v) is 4.20. The fraction of sp³-hybridized carbons (Fsp3) is 0.650. The average molecular weight is 345 g/mol. The number of ether oxygens (including phenoxy) is 1. The number of piperidine rings is 1. The maximum atomic E-state index is 13.0. The van der Waals surface area contributed by atoms with Gasteiger partial charge in [0.25, 0.3) is 5.91 Å². The van der Waals surface area contributed by atoms with E-state index in [1.165, 1.54) is 5.56 Å². The minimum Gasteiger partial charge on any atom is -0.368 e. The molecule has 1 amide bonds. The van der Waals surface area contributed by atoms with Gasteiger partial charge in [0.05, 0.1) is 0 Å². The number of likely N-dealkylation sites (N-methyl/N-ethyl adjacent to an activating group) is 1. The molecular formula is C20H31N3O2. The molecule has 25 heavy (non-hydrogen) atoms. The number of nitrogens with one attached hydrogen (secondary N) is 1. The van der Waals surface area contributed by atoms with Crippen LogP contribution >= 0.6 is 0 Å². The molecule has 1 N–H and O–H groups in total. The Morgan fingerprint density at radius 1 is 1.32 bits per heavy atom. The van der Waals surface area contributed by atoms with E-state index in [4.69, 9.17) is 4.74 Å². The summed E-state index contributed by atoms with van der Waals surface area (Å²) in [6.07, 6.45) is 2.68. The third-order valence-corrected chi connectivity index (χ3v) is 5.69. The first kappa shape index (κ1) is 18.4. The predicted octanol–water partition coefficient (Wildman–Crippen LogP) is 1.74. The zero-order valence-corrected chi connectivity index (χ0v) is 15.5. The Morgan fingerprint density at radius 3 is 2.72 bits per heavy atom. The fourth-order valence-electron chi connectivity index (χ4n) is 4.20. The van der Waals surface area contributed by atoms with E-state index < -0.39 is 5.60 Å². The second-order valence-corrected chi connectivity index (χ2v) is 7.51. The lowest BCUT2D eigenvalue weighted by molar-refractivity contribution is -0.157. The smallest absolute Gasteiger partial charge is 0.254 e. The van der Waals surface area contributed by atoms with E-state index in [9.17, 15) is 4.79 Å². The molecule has 5 heteroatoms. The number of nitrogens with zero attached hydrogens (tertiary/aromatic N) is 2. The molecule has 0 spiro atoms. The Balaban J connectivity index is 1.51. The molecule has 0 radical (unpaired) electrons. The number of carbonyl (C=O) groups excluding carboxylic acids is 1. The number of amides is 1. The number of methoxy groups -OCH3 is 1. The first-order valence-corrected chi connectivity index (χ1v) is 9.41. The van der Waals surface area contributed by atoms with Crippen molar-refractivity contribution in [2.75, 3.05) is 46.9 Å². The van der Waals surface area contributed by atoms with Gasteiger partial charge < -0.3 is 15.0 Å². The largest absolute Gasteiger partial charge is 0.368 e. The first-order valence-electron chi connectivity index (χ1n) is 9.41. The van der Waals surface area contributed by atoms with Crippen LogP contribution in [0, 0.1) is 5.92 Å². The molecule has 2 fully saturated rings. The molecule has 1 atom stereocenters. The van der Waals surface area contributed by atoms with Crippen molar-refractivity contribution < 1.29 is 9.53 Å². The van der Waals surface area contributed by atoms with E-state index in [1.54, 1.807) is 7.11 Å². The zero-order chi connectivity index (χ0) is 17.7. The molecule has 0 aromatic heterocycles. The molecule has 0 saturated carbocycles. The highest BCUT2D eigenvalue weighted by Gasteiger charge is 2.42. The van der Waals surface area contributed by atoms with Crippen molar-refractivity contribution >= 4 is 5.91 Å². The van der Waals surface area contributed by atoms with Crippen LogP contribution in [0.1, 0.15) is 24.8 Å². The summed E-state index contributed by atoms with van der Waals surface area (Å²) in [5.41, 5.74) is 0.739. The molecule has 2 aliphatic rings. The molecular weight excluding hydrogens is 314 g/mol. The van der Waals surface area contributed by atoms with Crippen molar-refractivity contribution in [1.29, 1.82) is 0 Å². The van der Waals surface area contributed by atoms with Crippen LogP contribution in [0.4, 0.5) is 0 Å². The lowest BCUT2D eigenvalue weighted by Gasteiger charge is -2.38. The highest BCUT2D eigenvalue weighted by atomic mass is 16.5. The minimum absolute atomic E-state index is 0.151. The molecule has 0 bridgehead atoms. The molecule has 1 aromatic carbocycles. The summed E-state index contributed by atoms with van der Waals surface area (Å²) >= 11 is 0. The summed E-state index contributed by atoms with van der Waals surface area (Å²) in [7, 11) is 3.61. The number of hydrogen-bond acceptors (Lipinski definition) is 4. The molecule has 0 aliphatic carbocycles. The van der Waals surface area contributed by atoms with Gasteiger partial charge in [-0.05, 0) is 50.4 Å². The summed E-state index contributed by atoms with van der Waals surface area (Å²) in [5.74, 6) is 0.700. The Hall–Kier alpha value is -1.43. The molecule has 3 rings (SSSR count). The number of benzene rings is 1. The van der Waals surface area contributed by atoms with E-state index in [2.05, 4.69) is 40.5 Å². The van der Waals surface area contributed by atoms with E-state index >= 15 is 0 Å². The molecule has 2 saturated heterocycles. The standard InChI is InChI=1S/C20H31N3O2/c1-22(19(24)20(25-2)9-11-21-12-10-20)14-18-8-13-23(16-18)15-17-6-4-3-5-7-17/h3-7,18,21H,8-16H2,1-2H3. The van der Waals surface area contributed by atoms with Gasteiger partial charge in [-0.25, -0.2) is 0 Å². The second kappa shape index (κ2) is 8.30.